The molecule has 1 nitrogen and oxygen atoms in total. The van der Waals surface area contributed by atoms with Crippen LogP contribution in [0.1, 0.15) is 36.2 Å². The van der Waals surface area contributed by atoms with Crippen LogP contribution in [0.2, 0.25) is 0 Å². The fourth-order valence-electron chi connectivity index (χ4n) is 1.91. The third-order valence-electron chi connectivity index (χ3n) is 3.13. The normalized spacial score (nSPS) is 23.2. The Balaban J connectivity index is 2.21. The molecule has 1 atom stereocenters. The van der Waals surface area contributed by atoms with Crippen molar-refractivity contribution in [1.82, 2.24) is 0 Å². The average molecular weight is 188 g/mol. The first-order valence-electron chi connectivity index (χ1n) is 5.11. The highest BCUT2D eigenvalue weighted by molar-refractivity contribution is 6.00. The molecule has 1 saturated carbocycles. The van der Waals surface area contributed by atoms with Crippen molar-refractivity contribution in [1.29, 1.82) is 0 Å². The Labute approximate surface area is 85.1 Å². The zero-order chi connectivity index (χ0) is 10.3. The summed E-state index contributed by atoms with van der Waals surface area (Å²) >= 11 is 0. The smallest absolute Gasteiger partial charge is 0.166 e. The molecule has 1 fully saturated rings. The molecule has 1 heteroatoms. The molecule has 74 valence electrons. The van der Waals surface area contributed by atoms with Crippen LogP contribution in [0.15, 0.2) is 24.3 Å². The van der Waals surface area contributed by atoms with E-state index in [1.165, 1.54) is 0 Å². The van der Waals surface area contributed by atoms with Gasteiger partial charge < -0.3 is 0 Å². The van der Waals surface area contributed by atoms with Crippen LogP contribution in [0.4, 0.5) is 0 Å². The van der Waals surface area contributed by atoms with E-state index in [1.807, 2.05) is 31.2 Å². The molecule has 0 aromatic heterocycles. The maximum absolute atomic E-state index is 12.0. The highest BCUT2D eigenvalue weighted by atomic mass is 16.1. The molecule has 1 aromatic carbocycles. The molecular weight excluding hydrogens is 172 g/mol. The van der Waals surface area contributed by atoms with Gasteiger partial charge in [0.05, 0.1) is 0 Å². The van der Waals surface area contributed by atoms with Crippen molar-refractivity contribution in [2.24, 2.45) is 11.3 Å². The molecule has 2 rings (SSSR count). The van der Waals surface area contributed by atoms with Crippen LogP contribution >= 0.6 is 0 Å². The minimum absolute atomic E-state index is 0.237. The second kappa shape index (κ2) is 2.94. The molecule has 1 aliphatic rings. The summed E-state index contributed by atoms with van der Waals surface area (Å²) in [6, 6.07) is 7.88. The predicted molar refractivity (Wildman–Crippen MR) is 57.4 cm³/mol. The summed E-state index contributed by atoms with van der Waals surface area (Å²) in [6.07, 6.45) is 1.04. The summed E-state index contributed by atoms with van der Waals surface area (Å²) in [5.41, 5.74) is 2.27. The Morgan fingerprint density at radius 2 is 2.07 bits per heavy atom. The number of ketones is 1. The first-order chi connectivity index (χ1) is 6.50. The van der Waals surface area contributed by atoms with Crippen LogP contribution in [-0.2, 0) is 0 Å². The lowest BCUT2D eigenvalue weighted by molar-refractivity contribution is 0.0953. The topological polar surface area (TPSA) is 17.1 Å². The van der Waals surface area contributed by atoms with Crippen molar-refractivity contribution in [2.45, 2.75) is 27.2 Å². The van der Waals surface area contributed by atoms with Crippen LogP contribution in [0.5, 0.6) is 0 Å². The second-order valence-corrected chi connectivity index (χ2v) is 4.98. The van der Waals surface area contributed by atoms with Gasteiger partial charge in [-0.05, 0) is 24.8 Å². The van der Waals surface area contributed by atoms with E-state index in [0.717, 1.165) is 17.5 Å². The first-order valence-corrected chi connectivity index (χ1v) is 5.11. The van der Waals surface area contributed by atoms with Gasteiger partial charge in [0, 0.05) is 11.5 Å². The van der Waals surface area contributed by atoms with Gasteiger partial charge in [-0.1, -0.05) is 37.6 Å². The molecule has 1 unspecified atom stereocenters. The van der Waals surface area contributed by atoms with E-state index in [2.05, 4.69) is 13.8 Å². The SMILES string of the molecule is Cc1cccc(C(=O)C2CC2(C)C)c1. The second-order valence-electron chi connectivity index (χ2n) is 4.98. The molecule has 1 aromatic rings. The van der Waals surface area contributed by atoms with Gasteiger partial charge in [0.25, 0.3) is 0 Å². The molecule has 0 saturated heterocycles. The largest absolute Gasteiger partial charge is 0.294 e. The number of carbonyl (C=O) groups excluding carboxylic acids is 1. The number of benzene rings is 1. The highest BCUT2D eigenvalue weighted by Gasteiger charge is 2.50. The Bertz CT molecular complexity index is 377. The van der Waals surface area contributed by atoms with Crippen molar-refractivity contribution < 1.29 is 4.79 Å². The van der Waals surface area contributed by atoms with Gasteiger partial charge in [0.15, 0.2) is 5.78 Å². The van der Waals surface area contributed by atoms with E-state index >= 15 is 0 Å². The van der Waals surface area contributed by atoms with Crippen LogP contribution < -0.4 is 0 Å². The van der Waals surface area contributed by atoms with Crippen molar-refractivity contribution in [2.75, 3.05) is 0 Å². The van der Waals surface area contributed by atoms with E-state index in [0.29, 0.717) is 5.78 Å². The molecule has 0 amide bonds. The molecule has 1 aliphatic carbocycles. The van der Waals surface area contributed by atoms with E-state index in [4.69, 9.17) is 0 Å². The average Bonchev–Trinajstić information content (AvgIpc) is 2.74. The Morgan fingerprint density at radius 3 is 2.57 bits per heavy atom. The van der Waals surface area contributed by atoms with Gasteiger partial charge in [0.1, 0.15) is 0 Å². The fraction of sp³-hybridized carbons (Fsp3) is 0.462. The van der Waals surface area contributed by atoms with Crippen LogP contribution in [-0.4, -0.2) is 5.78 Å². The Hall–Kier alpha value is -1.11. The summed E-state index contributed by atoms with van der Waals surface area (Å²) in [6.45, 7) is 6.34. The number of Topliss-reactive ketones (excluding diaryl/α,β-unsaturated/α-hetero) is 1. The minimum Gasteiger partial charge on any atom is -0.294 e. The Morgan fingerprint density at radius 1 is 1.43 bits per heavy atom. The van der Waals surface area contributed by atoms with E-state index in [9.17, 15) is 4.79 Å². The van der Waals surface area contributed by atoms with Crippen molar-refractivity contribution in [3.8, 4) is 0 Å². The van der Waals surface area contributed by atoms with Gasteiger partial charge in [-0.3, -0.25) is 4.79 Å². The van der Waals surface area contributed by atoms with Gasteiger partial charge in [-0.25, -0.2) is 0 Å². The lowest BCUT2D eigenvalue weighted by Crippen LogP contribution is -2.06. The van der Waals surface area contributed by atoms with Gasteiger partial charge in [-0.15, -0.1) is 0 Å². The highest BCUT2D eigenvalue weighted by Crippen LogP contribution is 2.53. The lowest BCUT2D eigenvalue weighted by atomic mass is 10.0. The molecule has 0 bridgehead atoms. The van der Waals surface area contributed by atoms with Crippen LogP contribution in [0.25, 0.3) is 0 Å². The van der Waals surface area contributed by atoms with Crippen LogP contribution in [0.3, 0.4) is 0 Å². The van der Waals surface area contributed by atoms with Gasteiger partial charge in [0.2, 0.25) is 0 Å². The molecule has 0 aliphatic heterocycles. The van der Waals surface area contributed by atoms with Gasteiger partial charge >= 0.3 is 0 Å². The molecule has 0 N–H and O–H groups in total. The van der Waals surface area contributed by atoms with E-state index in [1.54, 1.807) is 0 Å². The summed E-state index contributed by atoms with van der Waals surface area (Å²) in [5, 5.41) is 0. The number of hydrogen-bond acceptors (Lipinski definition) is 1. The quantitative estimate of drug-likeness (QED) is 0.651. The molecule has 0 heterocycles. The van der Waals surface area contributed by atoms with E-state index < -0.39 is 0 Å². The Kier molecular flexibility index (Phi) is 1.99. The molecular formula is C13H16O. The third-order valence-corrected chi connectivity index (χ3v) is 3.13. The van der Waals surface area contributed by atoms with Crippen LogP contribution in [0, 0.1) is 18.3 Å². The maximum atomic E-state index is 12.0. The molecule has 0 spiro atoms. The number of aryl methyl sites for hydroxylation is 1. The maximum Gasteiger partial charge on any atom is 0.166 e. The number of carbonyl (C=O) groups is 1. The zero-order valence-electron chi connectivity index (χ0n) is 9.00. The van der Waals surface area contributed by atoms with Crippen molar-refractivity contribution >= 4 is 5.78 Å². The number of hydrogen-bond donors (Lipinski definition) is 0. The van der Waals surface area contributed by atoms with Crippen molar-refractivity contribution in [3.05, 3.63) is 35.4 Å². The summed E-state index contributed by atoms with van der Waals surface area (Å²) in [5.74, 6) is 0.572. The fourth-order valence-corrected chi connectivity index (χ4v) is 1.91. The summed E-state index contributed by atoms with van der Waals surface area (Å²) in [4.78, 5) is 12.0. The standard InChI is InChI=1S/C13H16O/c1-9-5-4-6-10(7-9)12(14)11-8-13(11,2)3/h4-7,11H,8H2,1-3H3. The lowest BCUT2D eigenvalue weighted by Gasteiger charge is -2.03. The predicted octanol–water partition coefficient (Wildman–Crippen LogP) is 3.22. The minimum atomic E-state index is 0.237. The summed E-state index contributed by atoms with van der Waals surface area (Å²) < 4.78 is 0. The number of rotatable bonds is 2. The monoisotopic (exact) mass is 188 g/mol. The summed E-state index contributed by atoms with van der Waals surface area (Å²) in [7, 11) is 0. The first kappa shape index (κ1) is 9.45. The molecule has 14 heavy (non-hydrogen) atoms. The van der Waals surface area contributed by atoms with Gasteiger partial charge in [-0.2, -0.15) is 0 Å². The zero-order valence-corrected chi connectivity index (χ0v) is 9.00. The molecule has 0 radical (unpaired) electrons. The van der Waals surface area contributed by atoms with E-state index in [-0.39, 0.29) is 11.3 Å². The van der Waals surface area contributed by atoms with Crippen molar-refractivity contribution in [3.63, 3.8) is 0 Å². The third kappa shape index (κ3) is 1.59.